The summed E-state index contributed by atoms with van der Waals surface area (Å²) in [6.07, 6.45) is 0. The topological polar surface area (TPSA) is 90.1 Å². The number of carbonyl (C=O) groups excluding carboxylic acids is 1. The molecule has 0 atom stereocenters. The van der Waals surface area contributed by atoms with Gasteiger partial charge in [-0.3, -0.25) is 19.6 Å². The Bertz CT molecular complexity index is 663. The number of non-ortho nitro benzene ring substituents is 1. The van der Waals surface area contributed by atoms with E-state index < -0.39 is 4.92 Å². The summed E-state index contributed by atoms with van der Waals surface area (Å²) >= 11 is 0. The predicted molar refractivity (Wildman–Crippen MR) is 73.7 cm³/mol. The van der Waals surface area contributed by atoms with E-state index in [1.807, 2.05) is 6.92 Å². The van der Waals surface area contributed by atoms with E-state index in [-0.39, 0.29) is 11.6 Å². The number of nitrogens with one attached hydrogen (secondary N) is 1. The highest BCUT2D eigenvalue weighted by Crippen LogP contribution is 2.18. The molecule has 1 aromatic heterocycles. The van der Waals surface area contributed by atoms with Crippen LogP contribution in [0.15, 0.2) is 30.3 Å². The van der Waals surface area contributed by atoms with Gasteiger partial charge in [0.1, 0.15) is 5.69 Å². The second kappa shape index (κ2) is 5.52. The number of carbonyl (C=O) groups is 1. The molecule has 0 radical (unpaired) electrons. The molecule has 20 heavy (non-hydrogen) atoms. The summed E-state index contributed by atoms with van der Waals surface area (Å²) in [5.41, 5.74) is 1.49. The maximum Gasteiger partial charge on any atom is 0.273 e. The third-order valence-corrected chi connectivity index (χ3v) is 2.75. The summed E-state index contributed by atoms with van der Waals surface area (Å²) in [6.45, 7) is 4.26. The number of nitro groups is 1. The SMILES string of the molecule is CCn1nc(C)cc1C(=O)Nc1cccc([N+](=O)[O-])c1. The molecule has 1 N–H and O–H groups in total. The maximum absolute atomic E-state index is 12.1. The number of anilines is 1. The van der Waals surface area contributed by atoms with Crippen LogP contribution in [0.3, 0.4) is 0 Å². The Morgan fingerprint density at radius 2 is 2.20 bits per heavy atom. The zero-order chi connectivity index (χ0) is 14.7. The van der Waals surface area contributed by atoms with Crippen molar-refractivity contribution in [1.82, 2.24) is 9.78 Å². The Labute approximate surface area is 115 Å². The lowest BCUT2D eigenvalue weighted by molar-refractivity contribution is -0.384. The van der Waals surface area contributed by atoms with E-state index in [4.69, 9.17) is 0 Å². The van der Waals surface area contributed by atoms with Crippen LogP contribution in [0.5, 0.6) is 0 Å². The number of nitro benzene ring substituents is 1. The zero-order valence-electron chi connectivity index (χ0n) is 11.2. The zero-order valence-corrected chi connectivity index (χ0v) is 11.2. The molecule has 1 amide bonds. The molecule has 0 fully saturated rings. The molecule has 0 aliphatic rings. The van der Waals surface area contributed by atoms with Crippen LogP contribution in [-0.4, -0.2) is 20.6 Å². The van der Waals surface area contributed by atoms with Crippen LogP contribution in [0.1, 0.15) is 23.1 Å². The van der Waals surface area contributed by atoms with Gasteiger partial charge >= 0.3 is 0 Å². The van der Waals surface area contributed by atoms with Gasteiger partial charge in [0.25, 0.3) is 11.6 Å². The van der Waals surface area contributed by atoms with Gasteiger partial charge in [0.15, 0.2) is 0 Å². The van der Waals surface area contributed by atoms with E-state index >= 15 is 0 Å². The minimum absolute atomic E-state index is 0.0667. The number of hydrogen-bond acceptors (Lipinski definition) is 4. The lowest BCUT2D eigenvalue weighted by Crippen LogP contribution is -2.17. The van der Waals surface area contributed by atoms with Crippen molar-refractivity contribution in [2.75, 3.05) is 5.32 Å². The molecule has 104 valence electrons. The standard InChI is InChI=1S/C13H14N4O3/c1-3-16-12(7-9(2)15-16)13(18)14-10-5-4-6-11(8-10)17(19)20/h4-8H,3H2,1-2H3,(H,14,18). The number of rotatable bonds is 4. The van der Waals surface area contributed by atoms with Crippen molar-refractivity contribution in [2.24, 2.45) is 0 Å². The van der Waals surface area contributed by atoms with Crippen LogP contribution in [-0.2, 0) is 6.54 Å². The molecule has 2 rings (SSSR count). The van der Waals surface area contributed by atoms with Gasteiger partial charge in [0, 0.05) is 24.4 Å². The molecule has 0 unspecified atom stereocenters. The first-order valence-electron chi connectivity index (χ1n) is 6.11. The first-order chi connectivity index (χ1) is 9.51. The van der Waals surface area contributed by atoms with E-state index in [2.05, 4.69) is 10.4 Å². The lowest BCUT2D eigenvalue weighted by atomic mass is 10.2. The van der Waals surface area contributed by atoms with Crippen molar-refractivity contribution in [1.29, 1.82) is 0 Å². The largest absolute Gasteiger partial charge is 0.320 e. The summed E-state index contributed by atoms with van der Waals surface area (Å²) in [5.74, 6) is -0.340. The molecule has 7 heteroatoms. The number of aryl methyl sites for hydroxylation is 2. The number of amides is 1. The minimum atomic E-state index is -0.504. The van der Waals surface area contributed by atoms with Gasteiger partial charge in [0.05, 0.1) is 10.6 Å². The van der Waals surface area contributed by atoms with Crippen LogP contribution in [0.2, 0.25) is 0 Å². The van der Waals surface area contributed by atoms with E-state index in [1.54, 1.807) is 23.7 Å². The Kier molecular flexibility index (Phi) is 3.79. The van der Waals surface area contributed by atoms with Crippen molar-refractivity contribution in [3.8, 4) is 0 Å². The smallest absolute Gasteiger partial charge is 0.273 e. The number of benzene rings is 1. The van der Waals surface area contributed by atoms with Crippen LogP contribution >= 0.6 is 0 Å². The molecule has 0 aliphatic carbocycles. The Balaban J connectivity index is 2.23. The summed E-state index contributed by atoms with van der Waals surface area (Å²) < 4.78 is 1.59. The van der Waals surface area contributed by atoms with Crippen molar-refractivity contribution < 1.29 is 9.72 Å². The summed E-state index contributed by atoms with van der Waals surface area (Å²) in [6, 6.07) is 7.49. The fourth-order valence-corrected chi connectivity index (χ4v) is 1.86. The molecule has 1 heterocycles. The first-order valence-corrected chi connectivity index (χ1v) is 6.11. The molecular formula is C13H14N4O3. The van der Waals surface area contributed by atoms with E-state index in [0.29, 0.717) is 17.9 Å². The molecule has 0 aliphatic heterocycles. The average molecular weight is 274 g/mol. The highest BCUT2D eigenvalue weighted by atomic mass is 16.6. The summed E-state index contributed by atoms with van der Waals surface area (Å²) in [4.78, 5) is 22.3. The van der Waals surface area contributed by atoms with Crippen molar-refractivity contribution in [2.45, 2.75) is 20.4 Å². The molecule has 2 aromatic rings. The summed E-state index contributed by atoms with van der Waals surface area (Å²) in [7, 11) is 0. The fourth-order valence-electron chi connectivity index (χ4n) is 1.86. The summed E-state index contributed by atoms with van der Waals surface area (Å²) in [5, 5.41) is 17.5. The van der Waals surface area contributed by atoms with Gasteiger partial charge in [-0.1, -0.05) is 6.07 Å². The molecule has 0 saturated heterocycles. The highest BCUT2D eigenvalue weighted by Gasteiger charge is 2.14. The fraction of sp³-hybridized carbons (Fsp3) is 0.231. The van der Waals surface area contributed by atoms with Gasteiger partial charge in [-0.2, -0.15) is 5.10 Å². The van der Waals surface area contributed by atoms with Gasteiger partial charge in [0.2, 0.25) is 0 Å². The number of aromatic nitrogens is 2. The van der Waals surface area contributed by atoms with Gasteiger partial charge in [-0.25, -0.2) is 0 Å². The molecule has 0 bridgehead atoms. The monoisotopic (exact) mass is 274 g/mol. The van der Waals surface area contributed by atoms with Crippen molar-refractivity contribution in [3.05, 3.63) is 51.8 Å². The first kappa shape index (κ1) is 13.7. The second-order valence-corrected chi connectivity index (χ2v) is 4.25. The van der Waals surface area contributed by atoms with Gasteiger partial charge < -0.3 is 5.32 Å². The van der Waals surface area contributed by atoms with E-state index in [0.717, 1.165) is 5.69 Å². The number of nitrogens with zero attached hydrogens (tertiary/aromatic N) is 3. The predicted octanol–water partition coefficient (Wildman–Crippen LogP) is 2.37. The van der Waals surface area contributed by atoms with Crippen LogP contribution in [0, 0.1) is 17.0 Å². The molecule has 0 saturated carbocycles. The molecule has 7 nitrogen and oxygen atoms in total. The minimum Gasteiger partial charge on any atom is -0.320 e. The van der Waals surface area contributed by atoms with E-state index in [9.17, 15) is 14.9 Å². The van der Waals surface area contributed by atoms with Crippen LogP contribution in [0.4, 0.5) is 11.4 Å². The third-order valence-electron chi connectivity index (χ3n) is 2.75. The van der Waals surface area contributed by atoms with Crippen molar-refractivity contribution >= 4 is 17.3 Å². The Morgan fingerprint density at radius 3 is 2.85 bits per heavy atom. The Morgan fingerprint density at radius 1 is 1.45 bits per heavy atom. The second-order valence-electron chi connectivity index (χ2n) is 4.25. The van der Waals surface area contributed by atoms with Gasteiger partial charge in [-0.05, 0) is 26.0 Å². The average Bonchev–Trinajstić information content (AvgIpc) is 2.80. The molecular weight excluding hydrogens is 260 g/mol. The van der Waals surface area contributed by atoms with E-state index in [1.165, 1.54) is 18.2 Å². The Hall–Kier alpha value is -2.70. The molecule has 0 spiro atoms. The van der Waals surface area contributed by atoms with Crippen LogP contribution in [0.25, 0.3) is 0 Å². The van der Waals surface area contributed by atoms with Crippen LogP contribution < -0.4 is 5.32 Å². The highest BCUT2D eigenvalue weighted by molar-refractivity contribution is 6.03. The quantitative estimate of drug-likeness (QED) is 0.684. The lowest BCUT2D eigenvalue weighted by Gasteiger charge is -2.06. The van der Waals surface area contributed by atoms with Crippen molar-refractivity contribution in [3.63, 3.8) is 0 Å². The third kappa shape index (κ3) is 2.82. The number of hydrogen-bond donors (Lipinski definition) is 1. The maximum atomic E-state index is 12.1. The molecule has 1 aromatic carbocycles. The normalized spacial score (nSPS) is 10.3. The van der Waals surface area contributed by atoms with Gasteiger partial charge in [-0.15, -0.1) is 0 Å².